The van der Waals surface area contributed by atoms with E-state index in [4.69, 9.17) is 0 Å². The molecule has 0 aliphatic heterocycles. The zero-order valence-corrected chi connectivity index (χ0v) is 14.3. The van der Waals surface area contributed by atoms with E-state index in [0.29, 0.717) is 5.82 Å². The summed E-state index contributed by atoms with van der Waals surface area (Å²) in [6, 6.07) is 10.7. The second-order valence-electron chi connectivity index (χ2n) is 6.27. The fraction of sp³-hybridized carbons (Fsp3) is 0.263. The van der Waals surface area contributed by atoms with E-state index in [2.05, 4.69) is 4.98 Å². The van der Waals surface area contributed by atoms with Gasteiger partial charge in [-0.05, 0) is 44.2 Å². The lowest BCUT2D eigenvalue weighted by atomic mass is 10.2. The molecule has 0 bridgehead atoms. The van der Waals surface area contributed by atoms with E-state index >= 15 is 0 Å². The summed E-state index contributed by atoms with van der Waals surface area (Å²) in [6.07, 6.45) is 0. The maximum atomic E-state index is 13.9. The fourth-order valence-electron chi connectivity index (χ4n) is 2.93. The number of hydrogen-bond donors (Lipinski definition) is 0. The molecule has 0 aliphatic rings. The molecule has 0 atom stereocenters. The first-order chi connectivity index (χ1) is 11.9. The summed E-state index contributed by atoms with van der Waals surface area (Å²) < 4.78 is 29.3. The first kappa shape index (κ1) is 17.1. The van der Waals surface area contributed by atoms with Gasteiger partial charge in [-0.2, -0.15) is 0 Å². The van der Waals surface area contributed by atoms with E-state index in [1.165, 1.54) is 4.90 Å². The number of nitrogens with zero attached hydrogens (tertiary/aromatic N) is 3. The highest BCUT2D eigenvalue weighted by atomic mass is 19.1. The van der Waals surface area contributed by atoms with Crippen LogP contribution in [0.2, 0.25) is 0 Å². The van der Waals surface area contributed by atoms with Gasteiger partial charge in [-0.15, -0.1) is 0 Å². The maximum absolute atomic E-state index is 13.9. The second-order valence-corrected chi connectivity index (χ2v) is 6.27. The Labute approximate surface area is 144 Å². The second kappa shape index (κ2) is 6.63. The minimum absolute atomic E-state index is 0.150. The number of carbonyl (C=O) groups excluding carboxylic acids is 1. The third-order valence-electron chi connectivity index (χ3n) is 4.07. The van der Waals surface area contributed by atoms with E-state index < -0.39 is 17.5 Å². The first-order valence-electron chi connectivity index (χ1n) is 8.05. The fourth-order valence-corrected chi connectivity index (χ4v) is 2.93. The van der Waals surface area contributed by atoms with E-state index in [1.807, 2.05) is 42.7 Å². The van der Waals surface area contributed by atoms with Crippen LogP contribution in [0.1, 0.15) is 36.1 Å². The predicted molar refractivity (Wildman–Crippen MR) is 92.3 cm³/mol. The van der Waals surface area contributed by atoms with Crippen LogP contribution in [-0.2, 0) is 6.54 Å². The number of imidazole rings is 1. The Morgan fingerprint density at radius 1 is 1.20 bits per heavy atom. The minimum Gasteiger partial charge on any atom is -0.334 e. The van der Waals surface area contributed by atoms with Crippen LogP contribution in [0.15, 0.2) is 42.5 Å². The highest BCUT2D eigenvalue weighted by Gasteiger charge is 2.20. The molecule has 0 saturated heterocycles. The van der Waals surface area contributed by atoms with Gasteiger partial charge in [0, 0.05) is 13.1 Å². The molecule has 0 N–H and O–H groups in total. The quantitative estimate of drug-likeness (QED) is 0.713. The molecule has 0 saturated carbocycles. The summed E-state index contributed by atoms with van der Waals surface area (Å²) >= 11 is 0. The van der Waals surface area contributed by atoms with E-state index in [-0.39, 0.29) is 18.2 Å². The Bertz CT molecular complexity index is 934. The lowest BCUT2D eigenvalue weighted by Gasteiger charge is -2.20. The molecule has 4 nitrogen and oxygen atoms in total. The summed E-state index contributed by atoms with van der Waals surface area (Å²) in [4.78, 5) is 18.4. The summed E-state index contributed by atoms with van der Waals surface area (Å²) in [7, 11) is 1.55. The highest BCUT2D eigenvalue weighted by molar-refractivity contribution is 5.94. The molecular weight excluding hydrogens is 324 g/mol. The Kier molecular flexibility index (Phi) is 4.53. The van der Waals surface area contributed by atoms with Gasteiger partial charge in [0.25, 0.3) is 5.91 Å². The number of hydrogen-bond acceptors (Lipinski definition) is 2. The normalized spacial score (nSPS) is 11.3. The molecule has 3 aromatic rings. The predicted octanol–water partition coefficient (Wildman–Crippen LogP) is 4.17. The van der Waals surface area contributed by atoms with Gasteiger partial charge in [-0.25, -0.2) is 13.8 Å². The summed E-state index contributed by atoms with van der Waals surface area (Å²) in [5.74, 6) is -1.27. The molecule has 1 heterocycles. The molecule has 1 aromatic heterocycles. The van der Waals surface area contributed by atoms with Crippen molar-refractivity contribution in [1.82, 2.24) is 14.5 Å². The first-order valence-corrected chi connectivity index (χ1v) is 8.05. The van der Waals surface area contributed by atoms with Crippen molar-refractivity contribution in [2.45, 2.75) is 26.4 Å². The Morgan fingerprint density at radius 2 is 1.92 bits per heavy atom. The number of halogens is 2. The molecule has 0 aliphatic carbocycles. The third-order valence-corrected chi connectivity index (χ3v) is 4.07. The van der Waals surface area contributed by atoms with Gasteiger partial charge in [0.2, 0.25) is 0 Å². The van der Waals surface area contributed by atoms with Crippen molar-refractivity contribution in [2.75, 3.05) is 7.05 Å². The molecule has 0 spiro atoms. The topological polar surface area (TPSA) is 38.1 Å². The van der Waals surface area contributed by atoms with Gasteiger partial charge in [-0.1, -0.05) is 12.1 Å². The van der Waals surface area contributed by atoms with Crippen molar-refractivity contribution in [3.8, 4) is 0 Å². The van der Waals surface area contributed by atoms with Crippen molar-refractivity contribution in [3.63, 3.8) is 0 Å². The van der Waals surface area contributed by atoms with Gasteiger partial charge in [0.15, 0.2) is 0 Å². The van der Waals surface area contributed by atoms with Gasteiger partial charge < -0.3 is 9.47 Å². The van der Waals surface area contributed by atoms with Gasteiger partial charge in [-0.3, -0.25) is 4.79 Å². The number of benzene rings is 2. The molecule has 0 fully saturated rings. The molecule has 6 heteroatoms. The zero-order chi connectivity index (χ0) is 18.1. The lowest BCUT2D eigenvalue weighted by molar-refractivity contribution is 0.0774. The van der Waals surface area contributed by atoms with Crippen LogP contribution >= 0.6 is 0 Å². The van der Waals surface area contributed by atoms with Crippen molar-refractivity contribution in [3.05, 3.63) is 65.5 Å². The largest absolute Gasteiger partial charge is 0.334 e. The zero-order valence-electron chi connectivity index (χ0n) is 14.3. The smallest absolute Gasteiger partial charge is 0.257 e. The van der Waals surface area contributed by atoms with Crippen molar-refractivity contribution >= 4 is 16.9 Å². The van der Waals surface area contributed by atoms with Crippen LogP contribution in [0.3, 0.4) is 0 Å². The molecule has 0 radical (unpaired) electrons. The molecule has 1 amide bonds. The Morgan fingerprint density at radius 3 is 2.64 bits per heavy atom. The maximum Gasteiger partial charge on any atom is 0.257 e. The number of aromatic nitrogens is 2. The number of amides is 1. The molecular formula is C19H19F2N3O. The minimum atomic E-state index is -0.740. The average Bonchev–Trinajstić information content (AvgIpc) is 2.94. The Hall–Kier alpha value is -2.76. The summed E-state index contributed by atoms with van der Waals surface area (Å²) in [6.45, 7) is 4.26. The molecule has 3 rings (SSSR count). The van der Waals surface area contributed by atoms with E-state index in [0.717, 1.165) is 29.2 Å². The van der Waals surface area contributed by atoms with Gasteiger partial charge >= 0.3 is 0 Å². The molecule has 25 heavy (non-hydrogen) atoms. The van der Waals surface area contributed by atoms with Crippen molar-refractivity contribution < 1.29 is 13.6 Å². The summed E-state index contributed by atoms with van der Waals surface area (Å²) in [5.41, 5.74) is 1.53. The average molecular weight is 343 g/mol. The van der Waals surface area contributed by atoms with Crippen LogP contribution in [0.4, 0.5) is 8.78 Å². The highest BCUT2D eigenvalue weighted by Crippen LogP contribution is 2.22. The van der Waals surface area contributed by atoms with Crippen molar-refractivity contribution in [2.24, 2.45) is 0 Å². The van der Waals surface area contributed by atoms with Crippen LogP contribution < -0.4 is 0 Å². The molecule has 2 aromatic carbocycles. The molecule has 0 unspecified atom stereocenters. The van der Waals surface area contributed by atoms with Crippen LogP contribution in [0.25, 0.3) is 11.0 Å². The summed E-state index contributed by atoms with van der Waals surface area (Å²) in [5, 5.41) is 0. The number of rotatable bonds is 4. The number of carbonyl (C=O) groups is 1. The lowest BCUT2D eigenvalue weighted by Crippen LogP contribution is -2.28. The van der Waals surface area contributed by atoms with Crippen molar-refractivity contribution in [1.29, 1.82) is 0 Å². The standard InChI is InChI=1S/C19H19F2N3O/c1-12(2)24-17-7-5-4-6-16(17)22-18(24)11-23(3)19(25)14-10-13(20)8-9-15(14)21/h4-10,12H,11H2,1-3H3. The van der Waals surface area contributed by atoms with Crippen LogP contribution in [0.5, 0.6) is 0 Å². The van der Waals surface area contributed by atoms with Crippen LogP contribution in [-0.4, -0.2) is 27.4 Å². The number of fused-ring (bicyclic) bond motifs is 1. The Balaban J connectivity index is 1.94. The van der Waals surface area contributed by atoms with Crippen LogP contribution in [0, 0.1) is 11.6 Å². The monoisotopic (exact) mass is 343 g/mol. The SMILES string of the molecule is CC(C)n1c(CN(C)C(=O)c2cc(F)ccc2F)nc2ccccc21. The van der Waals surface area contributed by atoms with E-state index in [9.17, 15) is 13.6 Å². The number of para-hydroxylation sites is 2. The molecule has 130 valence electrons. The third kappa shape index (κ3) is 3.24. The van der Waals surface area contributed by atoms with Gasteiger partial charge in [0.1, 0.15) is 17.5 Å². The van der Waals surface area contributed by atoms with Gasteiger partial charge in [0.05, 0.1) is 23.1 Å². The van der Waals surface area contributed by atoms with E-state index in [1.54, 1.807) is 7.05 Å².